The number of esters is 1. The summed E-state index contributed by atoms with van der Waals surface area (Å²) >= 11 is 0. The summed E-state index contributed by atoms with van der Waals surface area (Å²) in [6, 6.07) is 3.29. The first-order chi connectivity index (χ1) is 8.09. The van der Waals surface area contributed by atoms with Crippen LogP contribution in [0.1, 0.15) is 24.2 Å². The number of nitrogens with zero attached hydrogens (tertiary/aromatic N) is 1. The molecule has 0 aliphatic heterocycles. The van der Waals surface area contributed by atoms with E-state index in [9.17, 15) is 9.59 Å². The first-order valence-corrected chi connectivity index (χ1v) is 5.43. The molecule has 0 spiro atoms. The summed E-state index contributed by atoms with van der Waals surface area (Å²) in [4.78, 5) is 26.6. The molecule has 1 rings (SSSR count). The molecule has 0 aromatic carbocycles. The highest BCUT2D eigenvalue weighted by Gasteiger charge is 2.08. The second-order valence-corrected chi connectivity index (χ2v) is 4.00. The van der Waals surface area contributed by atoms with E-state index >= 15 is 0 Å². The number of amides is 1. The standard InChI is InChI=1S/C12H16N2O3/c1-9(2)8-17-11(15)7-14-12(16)10-4-3-5-13-6-10/h3-6,9H,7-8H2,1-2H3,(H,14,16). The van der Waals surface area contributed by atoms with Crippen LogP contribution in [0.2, 0.25) is 0 Å². The van der Waals surface area contributed by atoms with Crippen molar-refractivity contribution in [2.75, 3.05) is 13.2 Å². The molecule has 0 saturated heterocycles. The van der Waals surface area contributed by atoms with Crippen LogP contribution in [0.25, 0.3) is 0 Å². The monoisotopic (exact) mass is 236 g/mol. The van der Waals surface area contributed by atoms with Gasteiger partial charge >= 0.3 is 5.97 Å². The Morgan fingerprint density at radius 3 is 2.82 bits per heavy atom. The van der Waals surface area contributed by atoms with E-state index < -0.39 is 5.97 Å². The number of carbonyl (C=O) groups excluding carboxylic acids is 2. The Morgan fingerprint density at radius 1 is 1.47 bits per heavy atom. The number of aromatic nitrogens is 1. The summed E-state index contributed by atoms with van der Waals surface area (Å²) in [5.41, 5.74) is 0.421. The minimum atomic E-state index is -0.434. The summed E-state index contributed by atoms with van der Waals surface area (Å²) < 4.78 is 4.92. The largest absolute Gasteiger partial charge is 0.464 e. The smallest absolute Gasteiger partial charge is 0.325 e. The average molecular weight is 236 g/mol. The van der Waals surface area contributed by atoms with Crippen LogP contribution in [0.5, 0.6) is 0 Å². The van der Waals surface area contributed by atoms with Crippen LogP contribution in [0, 0.1) is 5.92 Å². The zero-order valence-corrected chi connectivity index (χ0v) is 9.97. The summed E-state index contributed by atoms with van der Waals surface area (Å²) in [5.74, 6) is -0.483. The van der Waals surface area contributed by atoms with Gasteiger partial charge in [0.1, 0.15) is 6.54 Å². The van der Waals surface area contributed by atoms with Crippen LogP contribution in [-0.2, 0) is 9.53 Å². The number of ether oxygens (including phenoxy) is 1. The van der Waals surface area contributed by atoms with Crippen LogP contribution >= 0.6 is 0 Å². The van der Waals surface area contributed by atoms with Gasteiger partial charge in [-0.25, -0.2) is 0 Å². The van der Waals surface area contributed by atoms with Gasteiger partial charge in [0.25, 0.3) is 5.91 Å². The van der Waals surface area contributed by atoms with Gasteiger partial charge in [-0.05, 0) is 18.1 Å². The normalized spacial score (nSPS) is 10.1. The minimum Gasteiger partial charge on any atom is -0.464 e. The molecule has 0 aliphatic carbocycles. The van der Waals surface area contributed by atoms with Gasteiger partial charge in [0.05, 0.1) is 12.2 Å². The highest BCUT2D eigenvalue weighted by atomic mass is 16.5. The Hall–Kier alpha value is -1.91. The Bertz CT molecular complexity index is 377. The lowest BCUT2D eigenvalue weighted by Crippen LogP contribution is -2.31. The van der Waals surface area contributed by atoms with Crippen LogP contribution in [0.4, 0.5) is 0 Å². The minimum absolute atomic E-state index is 0.125. The predicted molar refractivity (Wildman–Crippen MR) is 62.4 cm³/mol. The predicted octanol–water partition coefficient (Wildman–Crippen LogP) is 1.01. The molecule has 5 nitrogen and oxygen atoms in total. The molecular weight excluding hydrogens is 220 g/mol. The molecule has 0 aliphatic rings. The van der Waals surface area contributed by atoms with Gasteiger partial charge in [-0.1, -0.05) is 13.8 Å². The first kappa shape index (κ1) is 13.2. The Morgan fingerprint density at radius 2 is 2.24 bits per heavy atom. The van der Waals surface area contributed by atoms with E-state index in [1.54, 1.807) is 18.3 Å². The molecule has 1 amide bonds. The second kappa shape index (κ2) is 6.62. The van der Waals surface area contributed by atoms with Gasteiger partial charge in [-0.2, -0.15) is 0 Å². The molecule has 1 N–H and O–H groups in total. The van der Waals surface area contributed by atoms with Crippen molar-refractivity contribution in [3.05, 3.63) is 30.1 Å². The van der Waals surface area contributed by atoms with Crippen LogP contribution < -0.4 is 5.32 Å². The van der Waals surface area contributed by atoms with Gasteiger partial charge in [-0.15, -0.1) is 0 Å². The lowest BCUT2D eigenvalue weighted by Gasteiger charge is -2.07. The number of hydrogen-bond acceptors (Lipinski definition) is 4. The van der Waals surface area contributed by atoms with E-state index in [0.29, 0.717) is 12.2 Å². The Labute approximate surface area is 100 Å². The Kier molecular flexibility index (Phi) is 5.13. The molecule has 0 atom stereocenters. The van der Waals surface area contributed by atoms with Crippen molar-refractivity contribution < 1.29 is 14.3 Å². The third-order valence-corrected chi connectivity index (χ3v) is 1.89. The Balaban J connectivity index is 2.31. The lowest BCUT2D eigenvalue weighted by molar-refractivity contribution is -0.143. The molecule has 0 saturated carbocycles. The topological polar surface area (TPSA) is 68.3 Å². The molecule has 1 aromatic rings. The van der Waals surface area contributed by atoms with E-state index in [0.717, 1.165) is 0 Å². The average Bonchev–Trinajstić information content (AvgIpc) is 2.34. The molecule has 0 bridgehead atoms. The number of rotatable bonds is 5. The molecule has 1 aromatic heterocycles. The lowest BCUT2D eigenvalue weighted by atomic mass is 10.2. The maximum absolute atomic E-state index is 11.5. The van der Waals surface area contributed by atoms with Gasteiger partial charge in [0.2, 0.25) is 0 Å². The van der Waals surface area contributed by atoms with Crippen molar-refractivity contribution in [2.24, 2.45) is 5.92 Å². The molecular formula is C12H16N2O3. The van der Waals surface area contributed by atoms with Gasteiger partial charge < -0.3 is 10.1 Å². The van der Waals surface area contributed by atoms with E-state index in [1.807, 2.05) is 13.8 Å². The fourth-order valence-corrected chi connectivity index (χ4v) is 1.06. The maximum atomic E-state index is 11.5. The van der Waals surface area contributed by atoms with Gasteiger partial charge in [0, 0.05) is 12.4 Å². The maximum Gasteiger partial charge on any atom is 0.325 e. The fraction of sp³-hybridized carbons (Fsp3) is 0.417. The van der Waals surface area contributed by atoms with Crippen LogP contribution in [-0.4, -0.2) is 30.0 Å². The third kappa shape index (κ3) is 5.10. The van der Waals surface area contributed by atoms with E-state index in [4.69, 9.17) is 4.74 Å². The van der Waals surface area contributed by atoms with Crippen molar-refractivity contribution in [3.63, 3.8) is 0 Å². The van der Waals surface area contributed by atoms with Crippen molar-refractivity contribution in [2.45, 2.75) is 13.8 Å². The summed E-state index contributed by atoms with van der Waals surface area (Å²) in [6.07, 6.45) is 3.02. The van der Waals surface area contributed by atoms with E-state index in [1.165, 1.54) is 6.20 Å². The second-order valence-electron chi connectivity index (χ2n) is 4.00. The van der Waals surface area contributed by atoms with Crippen molar-refractivity contribution in [3.8, 4) is 0 Å². The zero-order valence-electron chi connectivity index (χ0n) is 9.97. The third-order valence-electron chi connectivity index (χ3n) is 1.89. The highest BCUT2D eigenvalue weighted by Crippen LogP contribution is 1.95. The molecule has 92 valence electrons. The molecule has 5 heteroatoms. The number of hydrogen-bond donors (Lipinski definition) is 1. The summed E-state index contributed by atoms with van der Waals surface area (Å²) in [7, 11) is 0. The summed E-state index contributed by atoms with van der Waals surface area (Å²) in [6.45, 7) is 4.13. The van der Waals surface area contributed by atoms with Crippen molar-refractivity contribution >= 4 is 11.9 Å². The number of pyridine rings is 1. The molecule has 0 fully saturated rings. The molecule has 0 radical (unpaired) electrons. The number of carbonyl (C=O) groups is 2. The molecule has 0 unspecified atom stereocenters. The molecule has 1 heterocycles. The quantitative estimate of drug-likeness (QED) is 0.775. The van der Waals surface area contributed by atoms with Crippen molar-refractivity contribution in [1.29, 1.82) is 0 Å². The van der Waals surface area contributed by atoms with Crippen molar-refractivity contribution in [1.82, 2.24) is 10.3 Å². The zero-order chi connectivity index (χ0) is 12.7. The van der Waals surface area contributed by atoms with E-state index in [2.05, 4.69) is 10.3 Å². The van der Waals surface area contributed by atoms with Crippen LogP contribution in [0.3, 0.4) is 0 Å². The van der Waals surface area contributed by atoms with Gasteiger partial charge in [0.15, 0.2) is 0 Å². The number of nitrogens with one attached hydrogen (secondary N) is 1. The van der Waals surface area contributed by atoms with Gasteiger partial charge in [-0.3, -0.25) is 14.6 Å². The van der Waals surface area contributed by atoms with Crippen LogP contribution in [0.15, 0.2) is 24.5 Å². The fourth-order valence-electron chi connectivity index (χ4n) is 1.06. The SMILES string of the molecule is CC(C)COC(=O)CNC(=O)c1cccnc1. The van der Waals surface area contributed by atoms with E-state index in [-0.39, 0.29) is 18.4 Å². The molecule has 17 heavy (non-hydrogen) atoms. The highest BCUT2D eigenvalue weighted by molar-refractivity contribution is 5.95. The first-order valence-electron chi connectivity index (χ1n) is 5.43. The summed E-state index contributed by atoms with van der Waals surface area (Å²) in [5, 5.41) is 2.47.